The number of carbonyl (C=O) groups is 3. The van der Waals surface area contributed by atoms with Crippen LogP contribution < -0.4 is 10.6 Å². The summed E-state index contributed by atoms with van der Waals surface area (Å²) in [6.45, 7) is 4.31. The third-order valence-electron chi connectivity index (χ3n) is 8.10. The van der Waals surface area contributed by atoms with Crippen LogP contribution in [0.25, 0.3) is 10.9 Å². The maximum atomic E-state index is 14.0. The molecule has 0 aliphatic carbocycles. The Morgan fingerprint density at radius 2 is 1.83 bits per heavy atom. The smallest absolute Gasteiger partial charge is 0.255 e. The molecule has 3 unspecified atom stereocenters. The lowest BCUT2D eigenvalue weighted by Gasteiger charge is -2.37. The highest BCUT2D eigenvalue weighted by Crippen LogP contribution is 2.46. The molecule has 3 N–H and O–H groups in total. The summed E-state index contributed by atoms with van der Waals surface area (Å²) < 4.78 is 13.5. The Balaban J connectivity index is 1.26. The number of nitrogens with one attached hydrogen (secondary N) is 3. The van der Waals surface area contributed by atoms with Crippen molar-refractivity contribution in [2.24, 2.45) is 5.92 Å². The summed E-state index contributed by atoms with van der Waals surface area (Å²) in [6, 6.07) is 19.8. The molecule has 4 aromatic rings. The molecule has 0 radical (unpaired) electrons. The molecule has 0 spiro atoms. The number of fused-ring (bicyclic) bond motifs is 7. The van der Waals surface area contributed by atoms with Crippen LogP contribution in [0.4, 0.5) is 4.39 Å². The van der Waals surface area contributed by atoms with Gasteiger partial charge in [-0.3, -0.25) is 14.4 Å². The van der Waals surface area contributed by atoms with Crippen LogP contribution in [0.1, 0.15) is 59.1 Å². The van der Waals surface area contributed by atoms with Gasteiger partial charge in [0, 0.05) is 35.1 Å². The number of hydrogen-bond acceptors (Lipinski definition) is 3. The number of para-hydroxylation sites is 1. The second kappa shape index (κ2) is 10.8. The normalized spacial score (nSPS) is 18.1. The molecule has 0 saturated carbocycles. The number of aromatic amines is 1. The third-order valence-corrected chi connectivity index (χ3v) is 8.10. The lowest BCUT2D eigenvalue weighted by Crippen LogP contribution is -2.56. The van der Waals surface area contributed by atoms with Crippen LogP contribution in [0, 0.1) is 11.7 Å². The summed E-state index contributed by atoms with van der Waals surface area (Å²) >= 11 is 0. The van der Waals surface area contributed by atoms with Crippen molar-refractivity contribution in [1.29, 1.82) is 0 Å². The second-order valence-electron chi connectivity index (χ2n) is 11.3. The van der Waals surface area contributed by atoms with E-state index < -0.39 is 18.1 Å². The van der Waals surface area contributed by atoms with Crippen LogP contribution in [0.2, 0.25) is 0 Å². The number of amides is 3. The van der Waals surface area contributed by atoms with Gasteiger partial charge in [0.15, 0.2) is 0 Å². The molecular weight excluding hydrogens is 519 g/mol. The number of H-pyrrole nitrogens is 1. The number of rotatable bonds is 8. The maximum Gasteiger partial charge on any atom is 0.255 e. The Morgan fingerprint density at radius 1 is 1.05 bits per heavy atom. The van der Waals surface area contributed by atoms with Gasteiger partial charge in [-0.15, -0.1) is 0 Å². The van der Waals surface area contributed by atoms with Crippen molar-refractivity contribution in [3.05, 3.63) is 107 Å². The summed E-state index contributed by atoms with van der Waals surface area (Å²) in [5.41, 5.74) is 5.16. The first-order chi connectivity index (χ1) is 19.8. The quantitative estimate of drug-likeness (QED) is 0.297. The van der Waals surface area contributed by atoms with Crippen molar-refractivity contribution in [2.75, 3.05) is 6.54 Å². The van der Waals surface area contributed by atoms with Gasteiger partial charge >= 0.3 is 0 Å². The van der Waals surface area contributed by atoms with Gasteiger partial charge in [-0.05, 0) is 59.7 Å². The molecule has 0 saturated heterocycles. The van der Waals surface area contributed by atoms with Gasteiger partial charge in [0.05, 0.1) is 6.04 Å². The monoisotopic (exact) mass is 552 g/mol. The van der Waals surface area contributed by atoms with Crippen LogP contribution in [0.3, 0.4) is 0 Å². The number of benzene rings is 3. The average molecular weight is 553 g/mol. The standard InChI is InChI=1S/C33H33FN4O3/c1-19(2)16-27(31(39)35-15-14-20-8-7-9-21(34)17-20)37-32(40)28-18-25-22-10-5-6-13-26(22)36-29(25)30-23-11-3-4-12-24(23)33(41)38(28)30/h3-13,17,19,27-28,30,36H,14-16,18H2,1-2H3,(H,35,39)(H,37,40). The van der Waals surface area contributed by atoms with E-state index in [2.05, 4.69) is 15.6 Å². The first-order valence-corrected chi connectivity index (χ1v) is 14.2. The molecule has 3 heterocycles. The van der Waals surface area contributed by atoms with E-state index in [9.17, 15) is 18.8 Å². The second-order valence-corrected chi connectivity index (χ2v) is 11.3. The van der Waals surface area contributed by atoms with E-state index >= 15 is 0 Å². The highest BCUT2D eigenvalue weighted by molar-refractivity contribution is 6.04. The van der Waals surface area contributed by atoms with Gasteiger partial charge in [-0.2, -0.15) is 0 Å². The van der Waals surface area contributed by atoms with E-state index in [4.69, 9.17) is 0 Å². The van der Waals surface area contributed by atoms with E-state index in [1.165, 1.54) is 12.1 Å². The SMILES string of the molecule is CC(C)CC(NC(=O)C1Cc2c([nH]c3ccccc23)C2c3ccccc3C(=O)N12)C(=O)NCCc1cccc(F)c1. The highest BCUT2D eigenvalue weighted by atomic mass is 19.1. The van der Waals surface area contributed by atoms with Crippen molar-refractivity contribution in [1.82, 2.24) is 20.5 Å². The minimum absolute atomic E-state index is 0.145. The van der Waals surface area contributed by atoms with Crippen molar-refractivity contribution < 1.29 is 18.8 Å². The molecule has 1 aromatic heterocycles. The summed E-state index contributed by atoms with van der Waals surface area (Å²) in [4.78, 5) is 46.2. The topological polar surface area (TPSA) is 94.3 Å². The summed E-state index contributed by atoms with van der Waals surface area (Å²) in [6.07, 6.45) is 1.26. The Morgan fingerprint density at radius 3 is 2.63 bits per heavy atom. The van der Waals surface area contributed by atoms with Crippen molar-refractivity contribution in [3.8, 4) is 0 Å². The maximum absolute atomic E-state index is 14.0. The molecular formula is C33H33FN4O3. The van der Waals surface area contributed by atoms with Crippen LogP contribution >= 0.6 is 0 Å². The number of aromatic nitrogens is 1. The molecule has 3 aromatic carbocycles. The fraction of sp³-hybridized carbons (Fsp3) is 0.303. The molecule has 3 atom stereocenters. The van der Waals surface area contributed by atoms with Crippen LogP contribution in [-0.4, -0.2) is 46.2 Å². The van der Waals surface area contributed by atoms with E-state index in [0.29, 0.717) is 31.4 Å². The largest absolute Gasteiger partial charge is 0.356 e. The molecule has 6 rings (SSSR count). The summed E-state index contributed by atoms with van der Waals surface area (Å²) in [7, 11) is 0. The van der Waals surface area contributed by atoms with E-state index in [1.807, 2.05) is 62.4 Å². The zero-order valence-electron chi connectivity index (χ0n) is 23.1. The Kier molecular flexibility index (Phi) is 7.07. The van der Waals surface area contributed by atoms with Gasteiger partial charge in [0.2, 0.25) is 11.8 Å². The summed E-state index contributed by atoms with van der Waals surface area (Å²) in [5.74, 6) is -1.000. The Hall–Kier alpha value is -4.46. The zero-order valence-corrected chi connectivity index (χ0v) is 23.1. The molecule has 8 heteroatoms. The third kappa shape index (κ3) is 4.99. The molecule has 210 valence electrons. The first-order valence-electron chi connectivity index (χ1n) is 14.2. The van der Waals surface area contributed by atoms with Gasteiger partial charge in [-0.1, -0.05) is 62.4 Å². The fourth-order valence-electron chi connectivity index (χ4n) is 6.25. The van der Waals surface area contributed by atoms with Gasteiger partial charge in [-0.25, -0.2) is 4.39 Å². The minimum atomic E-state index is -0.777. The van der Waals surface area contributed by atoms with E-state index in [1.54, 1.807) is 17.0 Å². The molecule has 0 bridgehead atoms. The van der Waals surface area contributed by atoms with Crippen LogP contribution in [0.15, 0.2) is 72.8 Å². The van der Waals surface area contributed by atoms with Gasteiger partial charge in [0.25, 0.3) is 5.91 Å². The highest BCUT2D eigenvalue weighted by Gasteiger charge is 2.49. The molecule has 0 fully saturated rings. The van der Waals surface area contributed by atoms with E-state index in [0.717, 1.165) is 33.3 Å². The molecule has 2 aliphatic heterocycles. The summed E-state index contributed by atoms with van der Waals surface area (Å²) in [5, 5.41) is 6.93. The van der Waals surface area contributed by atoms with Crippen LogP contribution in [0.5, 0.6) is 0 Å². The van der Waals surface area contributed by atoms with Crippen molar-refractivity contribution in [2.45, 2.75) is 51.2 Å². The number of carbonyl (C=O) groups excluding carboxylic acids is 3. The lowest BCUT2D eigenvalue weighted by atomic mass is 9.89. The van der Waals surface area contributed by atoms with Crippen molar-refractivity contribution in [3.63, 3.8) is 0 Å². The predicted molar refractivity (Wildman–Crippen MR) is 155 cm³/mol. The van der Waals surface area contributed by atoms with E-state index in [-0.39, 0.29) is 29.5 Å². The lowest BCUT2D eigenvalue weighted by molar-refractivity contribution is -0.132. The van der Waals surface area contributed by atoms with Gasteiger partial charge in [0.1, 0.15) is 17.9 Å². The molecule has 3 amide bonds. The number of hydrogen-bond donors (Lipinski definition) is 3. The van der Waals surface area contributed by atoms with Gasteiger partial charge < -0.3 is 20.5 Å². The first kappa shape index (κ1) is 26.7. The predicted octanol–water partition coefficient (Wildman–Crippen LogP) is 4.67. The van der Waals surface area contributed by atoms with Crippen molar-refractivity contribution >= 4 is 28.6 Å². The Bertz CT molecular complexity index is 1640. The molecule has 7 nitrogen and oxygen atoms in total. The minimum Gasteiger partial charge on any atom is -0.356 e. The number of halogens is 1. The van der Waals surface area contributed by atoms with Crippen LogP contribution in [-0.2, 0) is 22.4 Å². The zero-order chi connectivity index (χ0) is 28.7. The molecule has 41 heavy (non-hydrogen) atoms. The average Bonchev–Trinajstić information content (AvgIpc) is 3.47. The Labute approximate surface area is 238 Å². The number of nitrogens with zero attached hydrogens (tertiary/aromatic N) is 1. The fourth-order valence-corrected chi connectivity index (χ4v) is 6.25. The molecule has 2 aliphatic rings.